The van der Waals surface area contributed by atoms with Crippen LogP contribution < -0.4 is 4.90 Å². The van der Waals surface area contributed by atoms with E-state index in [1.54, 1.807) is 37.3 Å². The summed E-state index contributed by atoms with van der Waals surface area (Å²) in [6.45, 7) is 3.75. The van der Waals surface area contributed by atoms with Crippen molar-refractivity contribution < 1.29 is 23.5 Å². The first-order valence-electron chi connectivity index (χ1n) is 10.6. The van der Waals surface area contributed by atoms with Crippen molar-refractivity contribution >= 4 is 49.3 Å². The molecule has 1 unspecified atom stereocenters. The number of hydrogen-bond donors (Lipinski definition) is 1. The number of rotatable bonds is 4. The van der Waals surface area contributed by atoms with Crippen LogP contribution in [0.3, 0.4) is 0 Å². The van der Waals surface area contributed by atoms with Gasteiger partial charge in [0.25, 0.3) is 5.91 Å². The Kier molecular flexibility index (Phi) is 4.46. The second-order valence-electron chi connectivity index (χ2n) is 8.23. The molecule has 1 atom stereocenters. The Labute approximate surface area is 197 Å². The fourth-order valence-electron chi connectivity index (χ4n) is 4.25. The maximum Gasteiger partial charge on any atom is 0.296 e. The number of anilines is 1. The fraction of sp³-hybridized carbons (Fsp3) is 0.115. The van der Waals surface area contributed by atoms with Crippen molar-refractivity contribution in [3.8, 4) is 0 Å². The minimum absolute atomic E-state index is 0.0330. The molecular formula is C26H18N2O5S. The third kappa shape index (κ3) is 3.07. The Morgan fingerprint density at radius 2 is 1.88 bits per heavy atom. The lowest BCUT2D eigenvalue weighted by Gasteiger charge is -2.21. The average molecular weight is 471 g/mol. The number of thiazole rings is 1. The molecule has 1 aliphatic heterocycles. The molecule has 1 amide bonds. The number of ketones is 1. The van der Waals surface area contributed by atoms with E-state index < -0.39 is 23.5 Å². The van der Waals surface area contributed by atoms with Gasteiger partial charge in [-0.05, 0) is 55.8 Å². The van der Waals surface area contributed by atoms with Crippen LogP contribution in [0.5, 0.6) is 0 Å². The summed E-state index contributed by atoms with van der Waals surface area (Å²) in [5, 5.41) is 12.0. The highest BCUT2D eigenvalue weighted by Crippen LogP contribution is 2.45. The maximum atomic E-state index is 13.6. The normalized spacial score (nSPS) is 16.4. The molecule has 0 radical (unpaired) electrons. The summed E-state index contributed by atoms with van der Waals surface area (Å²) >= 11 is 1.31. The molecular weight excluding hydrogens is 452 g/mol. The maximum absolute atomic E-state index is 13.6. The van der Waals surface area contributed by atoms with E-state index in [1.807, 2.05) is 37.3 Å². The van der Waals surface area contributed by atoms with Crippen LogP contribution in [0, 0.1) is 13.8 Å². The van der Waals surface area contributed by atoms with Crippen LogP contribution in [0.1, 0.15) is 33.7 Å². The number of carbonyl (C=O) groups is 2. The second kappa shape index (κ2) is 7.43. The molecule has 0 saturated heterocycles. The van der Waals surface area contributed by atoms with Crippen LogP contribution in [0.2, 0.25) is 0 Å². The average Bonchev–Trinajstić information content (AvgIpc) is 3.58. The minimum Gasteiger partial charge on any atom is -0.503 e. The third-order valence-corrected chi connectivity index (χ3v) is 6.89. The largest absolute Gasteiger partial charge is 0.503 e. The molecule has 1 aliphatic rings. The number of nitrogens with zero attached hydrogens (tertiary/aromatic N) is 2. The van der Waals surface area contributed by atoms with E-state index in [9.17, 15) is 14.7 Å². The van der Waals surface area contributed by atoms with E-state index in [-0.39, 0.29) is 11.3 Å². The molecule has 6 rings (SSSR count). The van der Waals surface area contributed by atoms with Gasteiger partial charge in [0.1, 0.15) is 23.1 Å². The molecule has 0 bridgehead atoms. The van der Waals surface area contributed by atoms with Gasteiger partial charge in [-0.25, -0.2) is 4.98 Å². The number of para-hydroxylation sites is 1. The number of amides is 1. The molecule has 0 saturated carbocycles. The second-order valence-corrected chi connectivity index (χ2v) is 9.24. The lowest BCUT2D eigenvalue weighted by molar-refractivity contribution is -0.117. The van der Waals surface area contributed by atoms with Crippen LogP contribution in [0.15, 0.2) is 80.8 Å². The zero-order valence-corrected chi connectivity index (χ0v) is 19.1. The summed E-state index contributed by atoms with van der Waals surface area (Å²) in [5.74, 6) is -0.936. The SMILES string of the molecule is Cc1ccc2nc(N3C(=O)C(O)=C(C(=O)c4cc5ccccc5o4)C3c3ccc(C)o3)sc2c1. The number of furan rings is 2. The van der Waals surface area contributed by atoms with Gasteiger partial charge in [-0.3, -0.25) is 14.5 Å². The van der Waals surface area contributed by atoms with E-state index in [1.165, 1.54) is 16.2 Å². The number of carbonyl (C=O) groups excluding carboxylic acids is 2. The number of aliphatic hydroxyl groups excluding tert-OH is 1. The summed E-state index contributed by atoms with van der Waals surface area (Å²) < 4.78 is 12.5. The number of Topliss-reactive ketones (excluding diaryl/α,β-unsaturated/α-hetero) is 1. The number of aromatic nitrogens is 1. The highest BCUT2D eigenvalue weighted by Gasteiger charge is 2.48. The monoisotopic (exact) mass is 470 g/mol. The van der Waals surface area contributed by atoms with Crippen molar-refractivity contribution in [2.75, 3.05) is 4.90 Å². The quantitative estimate of drug-likeness (QED) is 0.322. The Hall–Kier alpha value is -4.17. The summed E-state index contributed by atoms with van der Waals surface area (Å²) in [4.78, 5) is 32.9. The molecule has 7 nitrogen and oxygen atoms in total. The van der Waals surface area contributed by atoms with Gasteiger partial charge < -0.3 is 13.9 Å². The van der Waals surface area contributed by atoms with Crippen molar-refractivity contribution in [3.63, 3.8) is 0 Å². The number of fused-ring (bicyclic) bond motifs is 2. The van der Waals surface area contributed by atoms with Crippen LogP contribution in [0.25, 0.3) is 21.2 Å². The first-order chi connectivity index (χ1) is 16.4. The standard InChI is InChI=1S/C26H18N2O5S/c1-13-7-9-16-20(11-13)34-26(27-16)28-22(18-10-8-14(2)32-18)21(24(30)25(28)31)23(29)19-12-15-5-3-4-6-17(15)33-19/h3-12,22,30H,1-2H3. The Morgan fingerprint density at radius 3 is 2.65 bits per heavy atom. The molecule has 2 aromatic carbocycles. The Balaban J connectivity index is 1.51. The Bertz CT molecular complexity index is 1620. The van der Waals surface area contributed by atoms with E-state index in [4.69, 9.17) is 8.83 Å². The molecule has 4 heterocycles. The Morgan fingerprint density at radius 1 is 1.06 bits per heavy atom. The zero-order valence-electron chi connectivity index (χ0n) is 18.2. The van der Waals surface area contributed by atoms with Gasteiger partial charge in [0.15, 0.2) is 16.7 Å². The van der Waals surface area contributed by atoms with Gasteiger partial charge >= 0.3 is 0 Å². The topological polar surface area (TPSA) is 96.8 Å². The molecule has 0 spiro atoms. The first-order valence-corrected chi connectivity index (χ1v) is 11.5. The van der Waals surface area contributed by atoms with Gasteiger partial charge in [-0.15, -0.1) is 0 Å². The predicted molar refractivity (Wildman–Crippen MR) is 128 cm³/mol. The molecule has 34 heavy (non-hydrogen) atoms. The van der Waals surface area contributed by atoms with Crippen molar-refractivity contribution in [2.45, 2.75) is 19.9 Å². The lowest BCUT2D eigenvalue weighted by atomic mass is 10.00. The summed E-state index contributed by atoms with van der Waals surface area (Å²) in [5.41, 5.74) is 2.23. The number of aliphatic hydroxyl groups is 1. The van der Waals surface area contributed by atoms with Crippen molar-refractivity contribution in [1.82, 2.24) is 4.98 Å². The molecule has 168 valence electrons. The van der Waals surface area contributed by atoms with Gasteiger partial charge in [-0.2, -0.15) is 0 Å². The minimum atomic E-state index is -0.983. The molecule has 5 aromatic rings. The highest BCUT2D eigenvalue weighted by atomic mass is 32.1. The molecule has 3 aromatic heterocycles. The van der Waals surface area contributed by atoms with Crippen LogP contribution in [-0.4, -0.2) is 21.8 Å². The highest BCUT2D eigenvalue weighted by molar-refractivity contribution is 7.22. The smallest absolute Gasteiger partial charge is 0.296 e. The van der Waals surface area contributed by atoms with E-state index in [0.717, 1.165) is 21.2 Å². The number of aryl methyl sites for hydroxylation is 2. The van der Waals surface area contributed by atoms with Gasteiger partial charge in [0.05, 0.1) is 15.8 Å². The summed E-state index contributed by atoms with van der Waals surface area (Å²) in [6.07, 6.45) is 0. The molecule has 1 N–H and O–H groups in total. The van der Waals surface area contributed by atoms with E-state index in [0.29, 0.717) is 22.2 Å². The van der Waals surface area contributed by atoms with E-state index >= 15 is 0 Å². The fourth-order valence-corrected chi connectivity index (χ4v) is 5.34. The lowest BCUT2D eigenvalue weighted by Crippen LogP contribution is -2.30. The predicted octanol–water partition coefficient (Wildman–Crippen LogP) is 6.04. The third-order valence-electron chi connectivity index (χ3n) is 5.87. The van der Waals surface area contributed by atoms with Crippen LogP contribution >= 0.6 is 11.3 Å². The van der Waals surface area contributed by atoms with Gasteiger partial charge in [0, 0.05) is 5.39 Å². The zero-order chi connectivity index (χ0) is 23.6. The van der Waals surface area contributed by atoms with Gasteiger partial charge in [-0.1, -0.05) is 35.6 Å². The van der Waals surface area contributed by atoms with Crippen molar-refractivity contribution in [1.29, 1.82) is 0 Å². The number of benzene rings is 2. The van der Waals surface area contributed by atoms with E-state index in [2.05, 4.69) is 4.98 Å². The van der Waals surface area contributed by atoms with Crippen LogP contribution in [0.4, 0.5) is 5.13 Å². The molecule has 0 fully saturated rings. The first kappa shape index (κ1) is 20.4. The summed E-state index contributed by atoms with van der Waals surface area (Å²) in [7, 11) is 0. The van der Waals surface area contributed by atoms with Gasteiger partial charge in [0.2, 0.25) is 5.78 Å². The van der Waals surface area contributed by atoms with Crippen molar-refractivity contribution in [2.24, 2.45) is 0 Å². The van der Waals surface area contributed by atoms with Crippen LogP contribution in [-0.2, 0) is 4.79 Å². The van der Waals surface area contributed by atoms with Crippen molar-refractivity contribution in [3.05, 3.63) is 94.8 Å². The summed E-state index contributed by atoms with van der Waals surface area (Å²) in [6, 6.07) is 17.1. The molecule has 0 aliphatic carbocycles. The molecule has 8 heteroatoms. The number of hydrogen-bond acceptors (Lipinski definition) is 7.